The normalized spacial score (nSPS) is 13.9. The molecule has 78 valence electrons. The van der Waals surface area contributed by atoms with Crippen LogP contribution in [0.25, 0.3) is 10.8 Å². The van der Waals surface area contributed by atoms with E-state index < -0.39 is 7.82 Å². The first-order valence-electron chi connectivity index (χ1n) is 4.27. The van der Waals surface area contributed by atoms with Crippen molar-refractivity contribution < 1.29 is 48.4 Å². The number of benzene rings is 2. The Kier molecular flexibility index (Phi) is 4.56. The third kappa shape index (κ3) is 3.32. The van der Waals surface area contributed by atoms with Crippen molar-refractivity contribution in [2.24, 2.45) is 0 Å². The molecule has 0 aliphatic rings. The van der Waals surface area contributed by atoms with E-state index in [1.165, 1.54) is 6.07 Å². The topological polar surface area (TPSA) is 69.6 Å². The Morgan fingerprint density at radius 2 is 1.75 bits per heavy atom. The summed E-state index contributed by atoms with van der Waals surface area (Å²) in [5.41, 5.74) is 0. The van der Waals surface area contributed by atoms with Gasteiger partial charge in [-0.05, 0) is 11.5 Å². The predicted octanol–water partition coefficient (Wildman–Crippen LogP) is -1.32. The van der Waals surface area contributed by atoms with E-state index in [0.29, 0.717) is 5.39 Å². The standard InChI is InChI=1S/C10H9O4P.Na/c11-15(12,13)14-10-7-3-5-8-4-1-2-6-9(8)10;/h1-7H,(H2,11,12,13);/q;+1/p-1. The molecule has 0 spiro atoms. The van der Waals surface area contributed by atoms with E-state index in [2.05, 4.69) is 4.52 Å². The van der Waals surface area contributed by atoms with Gasteiger partial charge in [0.15, 0.2) is 0 Å². The average Bonchev–Trinajstić information content (AvgIpc) is 2.16. The van der Waals surface area contributed by atoms with E-state index in [1.54, 1.807) is 18.2 Å². The molecule has 2 rings (SSSR count). The first kappa shape index (κ1) is 13.7. The minimum absolute atomic E-state index is 0. The molecule has 0 heterocycles. The van der Waals surface area contributed by atoms with Crippen LogP contribution in [0.4, 0.5) is 0 Å². The maximum atomic E-state index is 10.6. The Hall–Kier alpha value is -0.350. The second-order valence-electron chi connectivity index (χ2n) is 3.04. The van der Waals surface area contributed by atoms with Crippen molar-refractivity contribution in [1.29, 1.82) is 0 Å². The Morgan fingerprint density at radius 3 is 2.44 bits per heavy atom. The van der Waals surface area contributed by atoms with Crippen molar-refractivity contribution in [3.05, 3.63) is 42.5 Å². The van der Waals surface area contributed by atoms with Gasteiger partial charge in [-0.15, -0.1) is 0 Å². The fraction of sp³-hybridized carbons (Fsp3) is 0. The maximum absolute atomic E-state index is 10.6. The Balaban J connectivity index is 0.00000128. The third-order valence-corrected chi connectivity index (χ3v) is 2.39. The third-order valence-electron chi connectivity index (χ3n) is 1.96. The molecule has 1 unspecified atom stereocenters. The van der Waals surface area contributed by atoms with Crippen LogP contribution >= 0.6 is 7.82 Å². The number of hydrogen-bond donors (Lipinski definition) is 1. The summed E-state index contributed by atoms with van der Waals surface area (Å²) in [7, 11) is -4.74. The van der Waals surface area contributed by atoms with Crippen LogP contribution in [0, 0.1) is 0 Å². The van der Waals surface area contributed by atoms with Crippen molar-refractivity contribution in [3.8, 4) is 5.75 Å². The van der Waals surface area contributed by atoms with Gasteiger partial charge in [0, 0.05) is 5.39 Å². The van der Waals surface area contributed by atoms with E-state index in [-0.39, 0.29) is 35.3 Å². The summed E-state index contributed by atoms with van der Waals surface area (Å²) in [5.74, 6) is 0.133. The van der Waals surface area contributed by atoms with Crippen LogP contribution in [-0.2, 0) is 4.57 Å². The van der Waals surface area contributed by atoms with Gasteiger partial charge in [0.2, 0.25) is 0 Å². The molecule has 0 aliphatic heterocycles. The summed E-state index contributed by atoms with van der Waals surface area (Å²) in [6.45, 7) is 0. The molecule has 0 aliphatic carbocycles. The SMILES string of the molecule is O=P([O-])(O)Oc1cccc2ccccc12.[Na+]. The summed E-state index contributed by atoms with van der Waals surface area (Å²) in [4.78, 5) is 19.2. The maximum Gasteiger partial charge on any atom is 1.00 e. The molecule has 0 amide bonds. The van der Waals surface area contributed by atoms with Gasteiger partial charge in [-0.3, -0.25) is 4.57 Å². The number of rotatable bonds is 2. The molecule has 0 fully saturated rings. The molecule has 16 heavy (non-hydrogen) atoms. The molecule has 0 aromatic heterocycles. The molecule has 0 saturated carbocycles. The number of phosphoric ester groups is 1. The molecular weight excluding hydrogens is 238 g/mol. The van der Waals surface area contributed by atoms with Crippen LogP contribution in [0.2, 0.25) is 0 Å². The molecule has 0 saturated heterocycles. The Bertz CT molecular complexity index is 532. The summed E-state index contributed by atoms with van der Waals surface area (Å²) in [5, 5.41) is 1.49. The first-order valence-corrected chi connectivity index (χ1v) is 5.77. The van der Waals surface area contributed by atoms with Gasteiger partial charge in [-0.2, -0.15) is 0 Å². The van der Waals surface area contributed by atoms with Gasteiger partial charge in [0.1, 0.15) is 5.75 Å². The van der Waals surface area contributed by atoms with E-state index in [9.17, 15) is 9.46 Å². The van der Waals surface area contributed by atoms with E-state index in [1.807, 2.05) is 18.2 Å². The molecular formula is C10H8NaO4P. The number of phosphoric acid groups is 1. The molecule has 0 radical (unpaired) electrons. The van der Waals surface area contributed by atoms with Gasteiger partial charge in [0.05, 0.1) is 0 Å². The molecule has 6 heteroatoms. The van der Waals surface area contributed by atoms with Crippen LogP contribution in [0.3, 0.4) is 0 Å². The van der Waals surface area contributed by atoms with Crippen LogP contribution in [-0.4, -0.2) is 4.89 Å². The first-order chi connectivity index (χ1) is 7.06. The van der Waals surface area contributed by atoms with Crippen molar-refractivity contribution >= 4 is 18.6 Å². The molecule has 2 aromatic carbocycles. The van der Waals surface area contributed by atoms with Crippen LogP contribution in [0.1, 0.15) is 0 Å². The van der Waals surface area contributed by atoms with Crippen molar-refractivity contribution in [1.82, 2.24) is 0 Å². The van der Waals surface area contributed by atoms with Crippen molar-refractivity contribution in [2.75, 3.05) is 0 Å². The summed E-state index contributed by atoms with van der Waals surface area (Å²) in [6, 6.07) is 12.1. The van der Waals surface area contributed by atoms with Crippen molar-refractivity contribution in [2.45, 2.75) is 0 Å². The van der Waals surface area contributed by atoms with Gasteiger partial charge >= 0.3 is 37.4 Å². The molecule has 2 aromatic rings. The van der Waals surface area contributed by atoms with Gasteiger partial charge in [0.25, 0.3) is 0 Å². The fourth-order valence-corrected chi connectivity index (χ4v) is 1.81. The number of hydrogen-bond acceptors (Lipinski definition) is 3. The second kappa shape index (κ2) is 5.32. The molecule has 1 N–H and O–H groups in total. The second-order valence-corrected chi connectivity index (χ2v) is 4.16. The summed E-state index contributed by atoms with van der Waals surface area (Å²) >= 11 is 0. The Labute approximate surface area is 115 Å². The largest absolute Gasteiger partial charge is 1.00 e. The monoisotopic (exact) mass is 246 g/mol. The number of fused-ring (bicyclic) bond motifs is 1. The predicted molar refractivity (Wildman–Crippen MR) is 54.4 cm³/mol. The average molecular weight is 246 g/mol. The van der Waals surface area contributed by atoms with E-state index in [0.717, 1.165) is 5.39 Å². The van der Waals surface area contributed by atoms with Crippen LogP contribution in [0.5, 0.6) is 5.75 Å². The van der Waals surface area contributed by atoms with Gasteiger partial charge < -0.3 is 14.3 Å². The molecule has 1 atom stereocenters. The minimum Gasteiger partial charge on any atom is -0.746 e. The molecule has 0 bridgehead atoms. The summed E-state index contributed by atoms with van der Waals surface area (Å²) < 4.78 is 15.1. The zero-order valence-electron chi connectivity index (χ0n) is 8.66. The van der Waals surface area contributed by atoms with E-state index >= 15 is 0 Å². The molecule has 4 nitrogen and oxygen atoms in total. The van der Waals surface area contributed by atoms with E-state index in [4.69, 9.17) is 4.89 Å². The minimum atomic E-state index is -4.74. The van der Waals surface area contributed by atoms with Gasteiger partial charge in [-0.1, -0.05) is 36.4 Å². The fourth-order valence-electron chi connectivity index (χ4n) is 1.40. The van der Waals surface area contributed by atoms with Crippen molar-refractivity contribution in [3.63, 3.8) is 0 Å². The van der Waals surface area contributed by atoms with Crippen LogP contribution < -0.4 is 39.0 Å². The Morgan fingerprint density at radius 1 is 1.12 bits per heavy atom. The van der Waals surface area contributed by atoms with Crippen LogP contribution in [0.15, 0.2) is 42.5 Å². The van der Waals surface area contributed by atoms with Gasteiger partial charge in [-0.25, -0.2) is 0 Å². The summed E-state index contributed by atoms with van der Waals surface area (Å²) in [6.07, 6.45) is 0. The zero-order valence-corrected chi connectivity index (χ0v) is 11.6. The quantitative estimate of drug-likeness (QED) is 0.527. The smallest absolute Gasteiger partial charge is 0.746 e. The zero-order chi connectivity index (χ0) is 10.9.